The van der Waals surface area contributed by atoms with Gasteiger partial charge in [0.05, 0.1) is 29.6 Å². The minimum Gasteiger partial charge on any atom is -0.464 e. The number of methoxy groups -OCH3 is 1. The van der Waals surface area contributed by atoms with Gasteiger partial charge in [-0.05, 0) is 19.1 Å². The Hall–Kier alpha value is -3.60. The highest BCUT2D eigenvalue weighted by molar-refractivity contribution is 5.96. The Kier molecular flexibility index (Phi) is 3.75. The summed E-state index contributed by atoms with van der Waals surface area (Å²) >= 11 is 0. The quantitative estimate of drug-likeness (QED) is 0.732. The number of nitrogens with zero attached hydrogens (tertiary/aromatic N) is 4. The van der Waals surface area contributed by atoms with Crippen molar-refractivity contribution in [3.63, 3.8) is 0 Å². The standard InChI is InChI=1S/C16H13N5O3/c1-9-19-15(24-20-9)11-5-3-4-6-12(11)21-8-10(7-17)13(18)14(21)16(22)23-2/h3-6,8H,18H2,1-2H3. The highest BCUT2D eigenvalue weighted by Gasteiger charge is 2.24. The molecule has 8 heteroatoms. The van der Waals surface area contributed by atoms with E-state index in [-0.39, 0.29) is 16.9 Å². The Morgan fingerprint density at radius 2 is 2.17 bits per heavy atom. The summed E-state index contributed by atoms with van der Waals surface area (Å²) < 4.78 is 11.5. The average molecular weight is 323 g/mol. The van der Waals surface area contributed by atoms with Crippen molar-refractivity contribution in [3.8, 4) is 23.2 Å². The van der Waals surface area contributed by atoms with Crippen molar-refractivity contribution in [1.29, 1.82) is 5.26 Å². The molecule has 1 aromatic carbocycles. The maximum Gasteiger partial charge on any atom is 0.357 e. The monoisotopic (exact) mass is 323 g/mol. The maximum atomic E-state index is 12.1. The predicted octanol–water partition coefficient (Wildman–Crippen LogP) is 2.08. The molecule has 0 aliphatic heterocycles. The maximum absolute atomic E-state index is 12.1. The number of hydrogen-bond acceptors (Lipinski definition) is 7. The smallest absolute Gasteiger partial charge is 0.357 e. The second kappa shape index (κ2) is 5.89. The Bertz CT molecular complexity index is 964. The number of aryl methyl sites for hydroxylation is 1. The molecule has 24 heavy (non-hydrogen) atoms. The van der Waals surface area contributed by atoms with Crippen molar-refractivity contribution >= 4 is 11.7 Å². The fourth-order valence-corrected chi connectivity index (χ4v) is 2.38. The van der Waals surface area contributed by atoms with E-state index in [2.05, 4.69) is 10.1 Å². The normalized spacial score (nSPS) is 10.4. The lowest BCUT2D eigenvalue weighted by Gasteiger charge is -2.11. The molecular weight excluding hydrogens is 310 g/mol. The number of rotatable bonds is 3. The molecule has 2 aromatic heterocycles. The molecule has 120 valence electrons. The molecule has 8 nitrogen and oxygen atoms in total. The fourth-order valence-electron chi connectivity index (χ4n) is 2.38. The van der Waals surface area contributed by atoms with Gasteiger partial charge in [-0.2, -0.15) is 10.2 Å². The van der Waals surface area contributed by atoms with Crippen LogP contribution in [0.25, 0.3) is 17.1 Å². The molecule has 3 aromatic rings. The first-order valence-corrected chi connectivity index (χ1v) is 6.96. The first-order valence-electron chi connectivity index (χ1n) is 6.96. The van der Waals surface area contributed by atoms with Crippen molar-refractivity contribution in [2.45, 2.75) is 6.92 Å². The molecule has 0 atom stereocenters. The van der Waals surface area contributed by atoms with Gasteiger partial charge in [-0.1, -0.05) is 17.3 Å². The van der Waals surface area contributed by atoms with Crippen LogP contribution in [0.4, 0.5) is 5.69 Å². The largest absolute Gasteiger partial charge is 0.464 e. The summed E-state index contributed by atoms with van der Waals surface area (Å²) in [5.74, 6) is 0.132. The molecule has 2 N–H and O–H groups in total. The fraction of sp³-hybridized carbons (Fsp3) is 0.125. The van der Waals surface area contributed by atoms with Crippen LogP contribution in [0, 0.1) is 18.3 Å². The van der Waals surface area contributed by atoms with E-state index < -0.39 is 5.97 Å². The van der Waals surface area contributed by atoms with E-state index in [1.165, 1.54) is 17.9 Å². The minimum absolute atomic E-state index is 0.0564. The SMILES string of the molecule is COC(=O)c1c(N)c(C#N)cn1-c1ccccc1-c1nc(C)no1. The number of ether oxygens (including phenoxy) is 1. The molecule has 0 amide bonds. The van der Waals surface area contributed by atoms with Crippen LogP contribution in [0.2, 0.25) is 0 Å². The van der Waals surface area contributed by atoms with Crippen molar-refractivity contribution in [2.24, 2.45) is 0 Å². The molecule has 0 radical (unpaired) electrons. The topological polar surface area (TPSA) is 120 Å². The first-order chi connectivity index (χ1) is 11.6. The predicted molar refractivity (Wildman–Crippen MR) is 84.3 cm³/mol. The highest BCUT2D eigenvalue weighted by Crippen LogP contribution is 2.30. The number of esters is 1. The zero-order valence-electron chi connectivity index (χ0n) is 13.0. The Balaban J connectivity index is 2.28. The lowest BCUT2D eigenvalue weighted by molar-refractivity contribution is 0.0593. The molecule has 0 aliphatic carbocycles. The van der Waals surface area contributed by atoms with E-state index in [0.29, 0.717) is 23.0 Å². The number of nitrogens with two attached hydrogens (primary N) is 1. The Labute approximate surface area is 137 Å². The number of anilines is 1. The summed E-state index contributed by atoms with van der Waals surface area (Å²) in [6.45, 7) is 1.71. The number of nitriles is 1. The summed E-state index contributed by atoms with van der Waals surface area (Å²) in [6, 6.07) is 9.07. The molecule has 3 rings (SSSR count). The van der Waals surface area contributed by atoms with Crippen molar-refractivity contribution in [2.75, 3.05) is 12.8 Å². The molecule has 0 spiro atoms. The van der Waals surface area contributed by atoms with Crippen LogP contribution in [0.15, 0.2) is 35.0 Å². The van der Waals surface area contributed by atoms with E-state index in [1.54, 1.807) is 31.2 Å². The summed E-state index contributed by atoms with van der Waals surface area (Å²) in [7, 11) is 1.25. The zero-order valence-corrected chi connectivity index (χ0v) is 13.0. The zero-order chi connectivity index (χ0) is 17.3. The van der Waals surface area contributed by atoms with Gasteiger partial charge in [0.2, 0.25) is 0 Å². The second-order valence-corrected chi connectivity index (χ2v) is 4.94. The van der Waals surface area contributed by atoms with Gasteiger partial charge in [0.25, 0.3) is 5.89 Å². The molecule has 0 unspecified atom stereocenters. The average Bonchev–Trinajstić information content (AvgIpc) is 3.17. The van der Waals surface area contributed by atoms with Crippen molar-refractivity contribution in [1.82, 2.24) is 14.7 Å². The third kappa shape index (κ3) is 2.38. The molecule has 0 aliphatic rings. The highest BCUT2D eigenvalue weighted by atomic mass is 16.5. The number of aromatic nitrogens is 3. The van der Waals surface area contributed by atoms with Gasteiger partial charge in [-0.25, -0.2) is 4.79 Å². The van der Waals surface area contributed by atoms with Gasteiger partial charge in [-0.15, -0.1) is 0 Å². The number of hydrogen-bond donors (Lipinski definition) is 1. The Morgan fingerprint density at radius 1 is 1.42 bits per heavy atom. The van der Waals surface area contributed by atoms with Gasteiger partial charge in [-0.3, -0.25) is 0 Å². The number of benzene rings is 1. The van der Waals surface area contributed by atoms with Gasteiger partial charge in [0.15, 0.2) is 11.5 Å². The van der Waals surface area contributed by atoms with E-state index in [1.807, 2.05) is 6.07 Å². The van der Waals surface area contributed by atoms with Crippen LogP contribution < -0.4 is 5.73 Å². The van der Waals surface area contributed by atoms with Crippen molar-refractivity contribution < 1.29 is 14.1 Å². The van der Waals surface area contributed by atoms with Crippen LogP contribution >= 0.6 is 0 Å². The van der Waals surface area contributed by atoms with Crippen molar-refractivity contribution in [3.05, 3.63) is 47.5 Å². The first kappa shape index (κ1) is 15.3. The van der Waals surface area contributed by atoms with Gasteiger partial charge in [0.1, 0.15) is 6.07 Å². The number of carbonyl (C=O) groups excluding carboxylic acids is 1. The lowest BCUT2D eigenvalue weighted by Crippen LogP contribution is -2.11. The van der Waals surface area contributed by atoms with Gasteiger partial charge in [0, 0.05) is 6.20 Å². The third-order valence-corrected chi connectivity index (χ3v) is 3.47. The second-order valence-electron chi connectivity index (χ2n) is 4.94. The van der Waals surface area contributed by atoms with Crippen LogP contribution in [0.1, 0.15) is 21.9 Å². The minimum atomic E-state index is -0.648. The third-order valence-electron chi connectivity index (χ3n) is 3.47. The van der Waals surface area contributed by atoms with E-state index in [4.69, 9.17) is 15.0 Å². The van der Waals surface area contributed by atoms with Crippen LogP contribution in [0.3, 0.4) is 0 Å². The Morgan fingerprint density at radius 3 is 2.79 bits per heavy atom. The van der Waals surface area contributed by atoms with Crippen LogP contribution in [0.5, 0.6) is 0 Å². The summed E-state index contributed by atoms with van der Waals surface area (Å²) in [4.78, 5) is 16.3. The lowest BCUT2D eigenvalue weighted by atomic mass is 10.1. The van der Waals surface area contributed by atoms with Crippen LogP contribution in [-0.2, 0) is 4.74 Å². The number of nitrogen functional groups attached to an aromatic ring is 1. The van der Waals surface area contributed by atoms with E-state index in [0.717, 1.165) is 0 Å². The summed E-state index contributed by atoms with van der Waals surface area (Å²) in [5.41, 5.74) is 7.39. The van der Waals surface area contributed by atoms with Gasteiger partial charge < -0.3 is 19.6 Å². The number of para-hydroxylation sites is 1. The molecule has 0 saturated carbocycles. The molecular formula is C16H13N5O3. The summed E-state index contributed by atoms with van der Waals surface area (Å²) in [5, 5.41) is 13.0. The molecule has 0 saturated heterocycles. The molecule has 2 heterocycles. The molecule has 0 bridgehead atoms. The summed E-state index contributed by atoms with van der Waals surface area (Å²) in [6.07, 6.45) is 1.48. The van der Waals surface area contributed by atoms with Crippen LogP contribution in [-0.4, -0.2) is 27.8 Å². The molecule has 0 fully saturated rings. The van der Waals surface area contributed by atoms with E-state index >= 15 is 0 Å². The van der Waals surface area contributed by atoms with E-state index in [9.17, 15) is 10.1 Å². The number of carbonyl (C=O) groups is 1. The van der Waals surface area contributed by atoms with Gasteiger partial charge >= 0.3 is 5.97 Å².